The zero-order valence-electron chi connectivity index (χ0n) is 18.4. The number of thiophene rings is 1. The van der Waals surface area contributed by atoms with E-state index in [1.54, 1.807) is 6.33 Å². The number of aromatic nitrogens is 3. The summed E-state index contributed by atoms with van der Waals surface area (Å²) in [6.45, 7) is 0. The Morgan fingerprint density at radius 3 is 2.37 bits per heavy atom. The third kappa shape index (κ3) is 3.88. The fourth-order valence-corrected chi connectivity index (χ4v) is 6.12. The molecule has 0 bridgehead atoms. The molecule has 2 N–H and O–H groups in total. The van der Waals surface area contributed by atoms with Gasteiger partial charge in [-0.05, 0) is 34.7 Å². The topological polar surface area (TPSA) is 41.2 Å². The molecule has 0 aliphatic carbocycles. The molecule has 0 atom stereocenters. The molecule has 35 heavy (non-hydrogen) atoms. The molecule has 0 spiro atoms. The Morgan fingerprint density at radius 1 is 0.657 bits per heavy atom. The number of benzene rings is 4. The zero-order chi connectivity index (χ0) is 21.8. The number of hydrogen-bond acceptors (Lipinski definition) is 2. The summed E-state index contributed by atoms with van der Waals surface area (Å²) in [6.07, 6.45) is 10.0. The molecular weight excluding hydrogens is 676 g/mol. The number of fused-ring (bicyclic) bond motifs is 3. The number of nitrogens with zero attached hydrogens (tertiary/aromatic N) is 1. The normalized spacial score (nSPS) is 11.4. The van der Waals surface area contributed by atoms with Gasteiger partial charge >= 0.3 is 0 Å². The highest BCUT2D eigenvalue weighted by Crippen LogP contribution is 2.45. The first-order valence-electron chi connectivity index (χ1n) is 11.0. The van der Waals surface area contributed by atoms with Crippen LogP contribution in [0.4, 0.5) is 0 Å². The molecule has 0 aliphatic heterocycles. The highest BCUT2D eigenvalue weighted by atomic mass is 127. The van der Waals surface area contributed by atoms with Crippen LogP contribution in [-0.4, -0.2) is 4.98 Å². The summed E-state index contributed by atoms with van der Waals surface area (Å²) in [5.74, 6) is 0. The van der Waals surface area contributed by atoms with Crippen molar-refractivity contribution in [3.8, 4) is 11.3 Å². The minimum absolute atomic E-state index is 0. The lowest BCUT2D eigenvalue weighted by Gasteiger charge is -2.08. The van der Waals surface area contributed by atoms with Gasteiger partial charge in [0.15, 0.2) is 6.20 Å². The molecular formula is C29H19I2N3S. The van der Waals surface area contributed by atoms with Crippen LogP contribution in [0.5, 0.6) is 0 Å². The van der Waals surface area contributed by atoms with E-state index in [0.717, 1.165) is 16.8 Å². The predicted octanol–water partition coefficient (Wildman–Crippen LogP) is 0.667. The van der Waals surface area contributed by atoms with Crippen LogP contribution in [0.15, 0.2) is 91.5 Å². The van der Waals surface area contributed by atoms with E-state index in [1.807, 2.05) is 29.8 Å². The Labute approximate surface area is 240 Å². The van der Waals surface area contributed by atoms with Gasteiger partial charge in [-0.2, -0.15) is 0 Å². The number of H-pyrrole nitrogens is 2. The zero-order valence-corrected chi connectivity index (χ0v) is 23.6. The fourth-order valence-electron chi connectivity index (χ4n) is 4.98. The van der Waals surface area contributed by atoms with Gasteiger partial charge in [-0.1, -0.05) is 59.6 Å². The first-order chi connectivity index (χ1) is 16.4. The number of hydrogen-bond donors (Lipinski definition) is 0. The molecule has 0 unspecified atom stereocenters. The van der Waals surface area contributed by atoms with Gasteiger partial charge < -0.3 is 48.0 Å². The van der Waals surface area contributed by atoms with Gasteiger partial charge in [0.1, 0.15) is 11.9 Å². The third-order valence-corrected chi connectivity index (χ3v) is 7.53. The Morgan fingerprint density at radius 2 is 1.49 bits per heavy atom. The van der Waals surface area contributed by atoms with Gasteiger partial charge in [0.25, 0.3) is 6.33 Å². The second-order valence-corrected chi connectivity index (χ2v) is 9.30. The van der Waals surface area contributed by atoms with Crippen LogP contribution in [0.1, 0.15) is 11.1 Å². The molecule has 3 heterocycles. The smallest absolute Gasteiger partial charge is 0.284 e. The molecule has 0 fully saturated rings. The summed E-state index contributed by atoms with van der Waals surface area (Å²) in [4.78, 5) is 10.9. The van der Waals surface area contributed by atoms with Crippen LogP contribution >= 0.6 is 11.3 Å². The highest BCUT2D eigenvalue weighted by molar-refractivity contribution is 7.26. The largest absolute Gasteiger partial charge is 1.00 e. The average molecular weight is 695 g/mol. The number of pyridine rings is 1. The maximum Gasteiger partial charge on any atom is 0.284 e. The fraction of sp³-hybridized carbons (Fsp3) is 0. The Hall–Kier alpha value is -2.69. The number of halogens is 2. The molecule has 0 saturated heterocycles. The maximum absolute atomic E-state index is 4.12. The molecule has 0 aliphatic rings. The monoisotopic (exact) mass is 695 g/mol. The molecule has 7 aromatic rings. The number of rotatable bonds is 3. The van der Waals surface area contributed by atoms with Crippen molar-refractivity contribution in [3.63, 3.8) is 0 Å². The quantitative estimate of drug-likeness (QED) is 0.152. The van der Waals surface area contributed by atoms with Crippen LogP contribution in [0.2, 0.25) is 0 Å². The third-order valence-electron chi connectivity index (χ3n) is 6.41. The van der Waals surface area contributed by atoms with Gasteiger partial charge in [-0.25, -0.2) is 9.97 Å². The van der Waals surface area contributed by atoms with Gasteiger partial charge in [-0.15, -0.1) is 11.3 Å². The molecule has 0 saturated carbocycles. The summed E-state index contributed by atoms with van der Waals surface area (Å²) in [5, 5.41) is 6.61. The van der Waals surface area contributed by atoms with E-state index < -0.39 is 0 Å². The second-order valence-electron chi connectivity index (χ2n) is 8.21. The van der Waals surface area contributed by atoms with E-state index >= 15 is 0 Å². The number of nitrogens with one attached hydrogen (secondary N) is 2. The van der Waals surface area contributed by atoms with E-state index in [9.17, 15) is 0 Å². The number of aromatic amines is 2. The Kier molecular flexibility index (Phi) is 6.69. The second kappa shape index (κ2) is 9.75. The van der Waals surface area contributed by atoms with Crippen molar-refractivity contribution in [3.05, 3.63) is 103 Å². The van der Waals surface area contributed by atoms with Crippen LogP contribution in [0.25, 0.3) is 65.3 Å². The van der Waals surface area contributed by atoms with E-state index in [2.05, 4.69) is 93.8 Å². The van der Waals surface area contributed by atoms with Crippen molar-refractivity contribution in [1.29, 1.82) is 0 Å². The van der Waals surface area contributed by atoms with Gasteiger partial charge in [-0.3, -0.25) is 0 Å². The molecule has 0 radical (unpaired) electrons. The molecule has 0 amide bonds. The van der Waals surface area contributed by atoms with Crippen molar-refractivity contribution in [2.45, 2.75) is 0 Å². The minimum atomic E-state index is 0. The van der Waals surface area contributed by atoms with Crippen molar-refractivity contribution >= 4 is 65.3 Å². The van der Waals surface area contributed by atoms with Crippen molar-refractivity contribution < 1.29 is 57.9 Å². The van der Waals surface area contributed by atoms with Gasteiger partial charge in [0.05, 0.1) is 10.8 Å². The lowest BCUT2D eigenvalue weighted by atomic mass is 9.93. The van der Waals surface area contributed by atoms with Crippen molar-refractivity contribution in [1.82, 2.24) is 4.98 Å². The summed E-state index contributed by atoms with van der Waals surface area (Å²) < 4.78 is 2.68. The van der Waals surface area contributed by atoms with E-state index in [1.165, 1.54) is 47.4 Å². The van der Waals surface area contributed by atoms with Crippen LogP contribution in [0, 0.1) is 0 Å². The molecule has 3 nitrogen and oxygen atoms in total. The van der Waals surface area contributed by atoms with E-state index in [0.29, 0.717) is 0 Å². The summed E-state index contributed by atoms with van der Waals surface area (Å²) in [7, 11) is 0. The average Bonchev–Trinajstić information content (AvgIpc) is 3.27. The lowest BCUT2D eigenvalue weighted by molar-refractivity contribution is -0.369. The Balaban J connectivity index is 0.00000127. The van der Waals surface area contributed by atoms with Crippen molar-refractivity contribution in [2.75, 3.05) is 0 Å². The van der Waals surface area contributed by atoms with E-state index in [-0.39, 0.29) is 48.0 Å². The minimum Gasteiger partial charge on any atom is -1.00 e. The standard InChI is InChI=1S/C29H17N3S.2HI/c1-2-6-20(23-14-16-30-17-32-23)18(5-1)10-11-19-12-13-25-28-26(19)29-22(8-4-15-31-29)21-7-3-9-24(33-25)27(21)28;;/h1-17H;2*1H/b11-10+;;. The van der Waals surface area contributed by atoms with Crippen molar-refractivity contribution in [2.24, 2.45) is 0 Å². The molecule has 4 aromatic carbocycles. The SMILES string of the molecule is C(=C\c1ccc2sc3cccc4c5ccc[nH+]c5c1c2c34)/c1ccccc1-c1ccnc[nH+]1.[I-].[I-]. The lowest BCUT2D eigenvalue weighted by Crippen LogP contribution is -3.00. The molecule has 170 valence electrons. The first kappa shape index (κ1) is 24.0. The predicted molar refractivity (Wildman–Crippen MR) is 137 cm³/mol. The van der Waals surface area contributed by atoms with Crippen LogP contribution in [-0.2, 0) is 0 Å². The molecule has 7 rings (SSSR count). The highest BCUT2D eigenvalue weighted by Gasteiger charge is 2.20. The Bertz CT molecular complexity index is 1830. The van der Waals surface area contributed by atoms with Crippen LogP contribution in [0.3, 0.4) is 0 Å². The van der Waals surface area contributed by atoms with Crippen LogP contribution < -0.4 is 57.9 Å². The molecule has 6 heteroatoms. The molecule has 3 aromatic heterocycles. The van der Waals surface area contributed by atoms with E-state index in [4.69, 9.17) is 0 Å². The summed E-state index contributed by atoms with van der Waals surface area (Å²) in [5.41, 5.74) is 5.78. The summed E-state index contributed by atoms with van der Waals surface area (Å²) in [6, 6.07) is 25.9. The first-order valence-corrected chi connectivity index (χ1v) is 11.8. The van der Waals surface area contributed by atoms with Gasteiger partial charge in [0.2, 0.25) is 5.52 Å². The van der Waals surface area contributed by atoms with Gasteiger partial charge in [0, 0.05) is 37.9 Å². The summed E-state index contributed by atoms with van der Waals surface area (Å²) >= 11 is 1.88. The maximum atomic E-state index is 4.12.